The van der Waals surface area contributed by atoms with Crippen LogP contribution < -0.4 is 10.6 Å². The molecule has 1 fully saturated rings. The molecule has 1 aliphatic rings. The van der Waals surface area contributed by atoms with E-state index in [0.29, 0.717) is 25.6 Å². The van der Waals surface area contributed by atoms with Gasteiger partial charge in [0, 0.05) is 33.1 Å². The first-order chi connectivity index (χ1) is 11.1. The zero-order valence-electron chi connectivity index (χ0n) is 14.6. The Kier molecular flexibility index (Phi) is 9.75. The average Bonchev–Trinajstić information content (AvgIpc) is 3.04. The van der Waals surface area contributed by atoms with E-state index >= 15 is 0 Å². The van der Waals surface area contributed by atoms with Gasteiger partial charge in [-0.2, -0.15) is 0 Å². The molecule has 6 heteroatoms. The maximum atomic E-state index is 11.9. The van der Waals surface area contributed by atoms with Crippen LogP contribution in [0, 0.1) is 0 Å². The molecule has 2 N–H and O–H groups in total. The van der Waals surface area contributed by atoms with Crippen LogP contribution in [0.5, 0.6) is 0 Å². The second-order valence-corrected chi connectivity index (χ2v) is 6.25. The van der Waals surface area contributed by atoms with Crippen LogP contribution in [0.3, 0.4) is 0 Å². The minimum Gasteiger partial charge on any atom is -0.356 e. The average molecular weight is 444 g/mol. The van der Waals surface area contributed by atoms with Gasteiger partial charge in [-0.15, -0.1) is 24.0 Å². The van der Waals surface area contributed by atoms with E-state index in [1.807, 2.05) is 37.2 Å². The van der Waals surface area contributed by atoms with E-state index in [1.165, 1.54) is 18.4 Å². The fourth-order valence-corrected chi connectivity index (χ4v) is 2.76. The molecule has 0 spiro atoms. The number of hydrogen-bond donors (Lipinski definition) is 2. The highest BCUT2D eigenvalue weighted by atomic mass is 127. The van der Waals surface area contributed by atoms with Gasteiger partial charge in [0.1, 0.15) is 0 Å². The van der Waals surface area contributed by atoms with Crippen LogP contribution in [0.1, 0.15) is 37.7 Å². The molecule has 0 heterocycles. The summed E-state index contributed by atoms with van der Waals surface area (Å²) in [5.74, 6) is 0.938. The van der Waals surface area contributed by atoms with Crippen molar-refractivity contribution < 1.29 is 4.79 Å². The van der Waals surface area contributed by atoms with Gasteiger partial charge in [-0.1, -0.05) is 43.2 Å². The number of nitrogens with one attached hydrogen (secondary N) is 2. The number of aliphatic imine (C=N–C) groups is 1. The van der Waals surface area contributed by atoms with Crippen molar-refractivity contribution in [1.82, 2.24) is 15.5 Å². The molecular formula is C18H29IN4O. The molecule has 1 aromatic rings. The molecule has 134 valence electrons. The van der Waals surface area contributed by atoms with Gasteiger partial charge in [0.2, 0.25) is 5.91 Å². The number of guanidine groups is 1. The molecule has 0 aliphatic heterocycles. The van der Waals surface area contributed by atoms with Crippen molar-refractivity contribution in [3.8, 4) is 0 Å². The number of amides is 1. The molecule has 1 amide bonds. The number of nitrogens with zero attached hydrogens (tertiary/aromatic N) is 2. The van der Waals surface area contributed by atoms with Gasteiger partial charge in [-0.05, 0) is 18.4 Å². The molecule has 1 aliphatic carbocycles. The molecule has 1 saturated carbocycles. The van der Waals surface area contributed by atoms with E-state index in [1.54, 1.807) is 0 Å². The zero-order chi connectivity index (χ0) is 16.5. The molecule has 1 aromatic carbocycles. The monoisotopic (exact) mass is 444 g/mol. The predicted molar refractivity (Wildman–Crippen MR) is 110 cm³/mol. The minimum absolute atomic E-state index is 0. The second-order valence-electron chi connectivity index (χ2n) is 6.25. The third kappa shape index (κ3) is 7.51. The maximum absolute atomic E-state index is 11.9. The molecule has 2 rings (SSSR count). The molecule has 0 radical (unpaired) electrons. The van der Waals surface area contributed by atoms with E-state index in [9.17, 15) is 4.79 Å². The van der Waals surface area contributed by atoms with Crippen molar-refractivity contribution in [3.05, 3.63) is 35.9 Å². The quantitative estimate of drug-likeness (QED) is 0.403. The smallest absolute Gasteiger partial charge is 0.221 e. The summed E-state index contributed by atoms with van der Waals surface area (Å²) in [5.41, 5.74) is 1.17. The molecule has 0 aromatic heterocycles. The molecule has 0 saturated heterocycles. The third-order valence-electron chi connectivity index (χ3n) is 4.03. The van der Waals surface area contributed by atoms with Crippen LogP contribution >= 0.6 is 24.0 Å². The van der Waals surface area contributed by atoms with Crippen molar-refractivity contribution in [1.29, 1.82) is 0 Å². The van der Waals surface area contributed by atoms with Crippen molar-refractivity contribution in [2.45, 2.75) is 44.7 Å². The molecule has 0 unspecified atom stereocenters. The Labute approximate surface area is 162 Å². The Morgan fingerprint density at radius 1 is 1.21 bits per heavy atom. The van der Waals surface area contributed by atoms with Gasteiger partial charge in [-0.3, -0.25) is 4.79 Å². The van der Waals surface area contributed by atoms with Gasteiger partial charge in [0.05, 0.1) is 6.54 Å². The highest BCUT2D eigenvalue weighted by molar-refractivity contribution is 14.0. The Balaban J connectivity index is 0.00000288. The van der Waals surface area contributed by atoms with E-state index in [4.69, 9.17) is 0 Å². The van der Waals surface area contributed by atoms with E-state index in [0.717, 1.165) is 18.8 Å². The standard InChI is InChI=1S/C18H28N4O.HI/c1-22(2)18(20-14-15-8-4-3-5-9-15)19-13-12-17(23)21-16-10-6-7-11-16;/h3-5,8-9,16H,6-7,10-14H2,1-2H3,(H,19,20)(H,21,23);1H. The fourth-order valence-electron chi connectivity index (χ4n) is 2.76. The maximum Gasteiger partial charge on any atom is 0.221 e. The predicted octanol–water partition coefficient (Wildman–Crippen LogP) is 2.76. The second kappa shape index (κ2) is 11.3. The van der Waals surface area contributed by atoms with Crippen LogP contribution in [0.2, 0.25) is 0 Å². The summed E-state index contributed by atoms with van der Waals surface area (Å²) in [5, 5.41) is 6.37. The van der Waals surface area contributed by atoms with E-state index in [-0.39, 0.29) is 29.9 Å². The highest BCUT2D eigenvalue weighted by Crippen LogP contribution is 2.17. The van der Waals surface area contributed by atoms with Crippen LogP contribution in [0.25, 0.3) is 0 Å². The summed E-state index contributed by atoms with van der Waals surface area (Å²) in [6, 6.07) is 10.5. The zero-order valence-corrected chi connectivity index (χ0v) is 17.0. The van der Waals surface area contributed by atoms with E-state index < -0.39 is 0 Å². The van der Waals surface area contributed by atoms with Crippen molar-refractivity contribution in [3.63, 3.8) is 0 Å². The summed E-state index contributed by atoms with van der Waals surface area (Å²) in [4.78, 5) is 18.5. The summed E-state index contributed by atoms with van der Waals surface area (Å²) < 4.78 is 0. The minimum atomic E-state index is 0. The molecule has 0 atom stereocenters. The van der Waals surface area contributed by atoms with Crippen molar-refractivity contribution in [2.24, 2.45) is 4.99 Å². The SMILES string of the molecule is CN(C)C(=NCc1ccccc1)NCCC(=O)NC1CCCC1.I. The first-order valence-electron chi connectivity index (χ1n) is 8.44. The normalized spacial score (nSPS) is 14.8. The molecule has 5 nitrogen and oxygen atoms in total. The lowest BCUT2D eigenvalue weighted by atomic mass is 10.2. The molecule has 0 bridgehead atoms. The summed E-state index contributed by atoms with van der Waals surface area (Å²) >= 11 is 0. The summed E-state index contributed by atoms with van der Waals surface area (Å²) in [7, 11) is 3.91. The number of carbonyl (C=O) groups excluding carboxylic acids is 1. The van der Waals surface area contributed by atoms with Gasteiger partial charge in [0.15, 0.2) is 5.96 Å². The van der Waals surface area contributed by atoms with Crippen LogP contribution in [-0.2, 0) is 11.3 Å². The lowest BCUT2D eigenvalue weighted by Gasteiger charge is -2.18. The first-order valence-corrected chi connectivity index (χ1v) is 8.44. The van der Waals surface area contributed by atoms with Crippen LogP contribution in [0.15, 0.2) is 35.3 Å². The highest BCUT2D eigenvalue weighted by Gasteiger charge is 2.16. The van der Waals surface area contributed by atoms with Crippen LogP contribution in [-0.4, -0.2) is 43.4 Å². The summed E-state index contributed by atoms with van der Waals surface area (Å²) in [6.45, 7) is 1.24. The lowest BCUT2D eigenvalue weighted by Crippen LogP contribution is -2.40. The molecular weight excluding hydrogens is 415 g/mol. The van der Waals surface area contributed by atoms with Gasteiger partial charge in [-0.25, -0.2) is 4.99 Å². The largest absolute Gasteiger partial charge is 0.356 e. The third-order valence-corrected chi connectivity index (χ3v) is 4.03. The first kappa shape index (κ1) is 20.7. The topological polar surface area (TPSA) is 56.7 Å². The Morgan fingerprint density at radius 2 is 1.88 bits per heavy atom. The fraction of sp³-hybridized carbons (Fsp3) is 0.556. The number of benzene rings is 1. The van der Waals surface area contributed by atoms with E-state index in [2.05, 4.69) is 27.8 Å². The van der Waals surface area contributed by atoms with Gasteiger partial charge >= 0.3 is 0 Å². The Morgan fingerprint density at radius 3 is 2.50 bits per heavy atom. The number of carbonyl (C=O) groups is 1. The number of rotatable bonds is 6. The van der Waals surface area contributed by atoms with Gasteiger partial charge < -0.3 is 15.5 Å². The molecule has 24 heavy (non-hydrogen) atoms. The van der Waals surface area contributed by atoms with Crippen LogP contribution in [0.4, 0.5) is 0 Å². The summed E-state index contributed by atoms with van der Waals surface area (Å²) in [6.07, 6.45) is 5.20. The lowest BCUT2D eigenvalue weighted by molar-refractivity contribution is -0.121. The van der Waals surface area contributed by atoms with Crippen molar-refractivity contribution >= 4 is 35.8 Å². The van der Waals surface area contributed by atoms with Crippen molar-refractivity contribution in [2.75, 3.05) is 20.6 Å². The Hall–Kier alpha value is -1.31. The number of hydrogen-bond acceptors (Lipinski definition) is 2. The number of halogens is 1. The Bertz CT molecular complexity index is 513. The van der Waals surface area contributed by atoms with Gasteiger partial charge in [0.25, 0.3) is 0 Å².